The first kappa shape index (κ1) is 12.5. The van der Waals surface area contributed by atoms with Crippen LogP contribution in [0.15, 0.2) is 30.3 Å². The molecule has 0 unspecified atom stereocenters. The van der Waals surface area contributed by atoms with Crippen LogP contribution in [0.4, 0.5) is 4.79 Å². The van der Waals surface area contributed by atoms with Gasteiger partial charge in [-0.05, 0) is 18.4 Å². The normalized spacial score (nSPS) is 20.9. The zero-order valence-corrected chi connectivity index (χ0v) is 11.1. The fourth-order valence-electron chi connectivity index (χ4n) is 2.63. The summed E-state index contributed by atoms with van der Waals surface area (Å²) in [6.45, 7) is 3.44. The molecule has 19 heavy (non-hydrogen) atoms. The standard InChI is InChI=1S/C15H20N2O2/c18-14(17-8-10-19-11-9-17)16-12-15(6-7-15)13-4-2-1-3-5-13/h1-5H,6-12H2,(H,16,18). The third-order valence-corrected chi connectivity index (χ3v) is 4.12. The summed E-state index contributed by atoms with van der Waals surface area (Å²) >= 11 is 0. The number of hydrogen-bond acceptors (Lipinski definition) is 2. The maximum atomic E-state index is 12.1. The van der Waals surface area contributed by atoms with Crippen molar-refractivity contribution in [3.8, 4) is 0 Å². The van der Waals surface area contributed by atoms with Crippen LogP contribution in [0.25, 0.3) is 0 Å². The Morgan fingerprint density at radius 2 is 1.89 bits per heavy atom. The lowest BCUT2D eigenvalue weighted by Crippen LogP contribution is -2.47. The summed E-state index contributed by atoms with van der Waals surface area (Å²) in [6, 6.07) is 10.5. The fourth-order valence-corrected chi connectivity index (χ4v) is 2.63. The number of carbonyl (C=O) groups excluding carboxylic acids is 1. The molecule has 1 heterocycles. The van der Waals surface area contributed by atoms with Crippen LogP contribution in [0, 0.1) is 0 Å². The van der Waals surface area contributed by atoms with E-state index in [4.69, 9.17) is 4.74 Å². The van der Waals surface area contributed by atoms with Gasteiger partial charge in [-0.25, -0.2) is 4.79 Å². The molecule has 1 aliphatic carbocycles. The minimum Gasteiger partial charge on any atom is -0.378 e. The summed E-state index contributed by atoms with van der Waals surface area (Å²) in [6.07, 6.45) is 2.33. The number of ether oxygens (including phenoxy) is 1. The van der Waals surface area contributed by atoms with Crippen molar-refractivity contribution in [1.29, 1.82) is 0 Å². The Morgan fingerprint density at radius 1 is 1.21 bits per heavy atom. The minimum atomic E-state index is 0.0468. The Hall–Kier alpha value is -1.55. The summed E-state index contributed by atoms with van der Waals surface area (Å²) in [5.74, 6) is 0. The largest absolute Gasteiger partial charge is 0.378 e. The monoisotopic (exact) mass is 260 g/mol. The third-order valence-electron chi connectivity index (χ3n) is 4.12. The van der Waals surface area contributed by atoms with E-state index in [1.165, 1.54) is 18.4 Å². The van der Waals surface area contributed by atoms with E-state index in [0.29, 0.717) is 26.3 Å². The quantitative estimate of drug-likeness (QED) is 0.899. The Labute approximate surface area is 113 Å². The van der Waals surface area contributed by atoms with Crippen LogP contribution >= 0.6 is 0 Å². The highest BCUT2D eigenvalue weighted by Crippen LogP contribution is 2.47. The van der Waals surface area contributed by atoms with Crippen molar-refractivity contribution in [1.82, 2.24) is 10.2 Å². The Bertz CT molecular complexity index is 437. The fraction of sp³-hybridized carbons (Fsp3) is 0.533. The van der Waals surface area contributed by atoms with Crippen molar-refractivity contribution in [2.24, 2.45) is 0 Å². The molecule has 2 amide bonds. The number of amides is 2. The number of urea groups is 1. The first-order valence-electron chi connectivity index (χ1n) is 6.96. The SMILES string of the molecule is O=C(NCC1(c2ccccc2)CC1)N1CCOCC1. The number of benzene rings is 1. The second kappa shape index (κ2) is 5.21. The first-order valence-corrected chi connectivity index (χ1v) is 6.96. The van der Waals surface area contributed by atoms with Crippen LogP contribution in [-0.4, -0.2) is 43.8 Å². The minimum absolute atomic E-state index is 0.0468. The molecule has 1 aromatic carbocycles. The van der Waals surface area contributed by atoms with Crippen LogP contribution < -0.4 is 5.32 Å². The Kier molecular flexibility index (Phi) is 3.42. The van der Waals surface area contributed by atoms with E-state index in [-0.39, 0.29) is 11.4 Å². The van der Waals surface area contributed by atoms with Crippen molar-refractivity contribution in [3.05, 3.63) is 35.9 Å². The number of carbonyl (C=O) groups is 1. The van der Waals surface area contributed by atoms with Crippen LogP contribution in [0.3, 0.4) is 0 Å². The van der Waals surface area contributed by atoms with Crippen molar-refractivity contribution < 1.29 is 9.53 Å². The molecule has 0 atom stereocenters. The molecule has 0 aromatic heterocycles. The molecule has 1 aliphatic heterocycles. The molecule has 1 aromatic rings. The van der Waals surface area contributed by atoms with Crippen LogP contribution in [-0.2, 0) is 10.2 Å². The lowest BCUT2D eigenvalue weighted by Gasteiger charge is -2.28. The average molecular weight is 260 g/mol. The van der Waals surface area contributed by atoms with E-state index < -0.39 is 0 Å². The van der Waals surface area contributed by atoms with Gasteiger partial charge < -0.3 is 15.0 Å². The van der Waals surface area contributed by atoms with E-state index in [1.54, 1.807) is 0 Å². The molecular formula is C15H20N2O2. The molecule has 2 aliphatic rings. The summed E-state index contributed by atoms with van der Waals surface area (Å²) < 4.78 is 5.26. The Balaban J connectivity index is 1.56. The van der Waals surface area contributed by atoms with Gasteiger partial charge in [0.05, 0.1) is 13.2 Å². The molecule has 0 bridgehead atoms. The maximum absolute atomic E-state index is 12.1. The predicted molar refractivity (Wildman–Crippen MR) is 73.1 cm³/mol. The Morgan fingerprint density at radius 3 is 2.53 bits per heavy atom. The molecule has 0 spiro atoms. The van der Waals surface area contributed by atoms with Gasteiger partial charge in [-0.2, -0.15) is 0 Å². The third kappa shape index (κ3) is 2.73. The van der Waals surface area contributed by atoms with Gasteiger partial charge in [0.25, 0.3) is 0 Å². The molecular weight excluding hydrogens is 240 g/mol. The second-order valence-corrected chi connectivity index (χ2v) is 5.40. The van der Waals surface area contributed by atoms with Crippen molar-refractivity contribution in [2.45, 2.75) is 18.3 Å². The number of rotatable bonds is 3. The molecule has 1 saturated heterocycles. The zero-order valence-electron chi connectivity index (χ0n) is 11.1. The van der Waals surface area contributed by atoms with Gasteiger partial charge in [0.1, 0.15) is 0 Å². The summed E-state index contributed by atoms with van der Waals surface area (Å²) in [5.41, 5.74) is 1.53. The summed E-state index contributed by atoms with van der Waals surface area (Å²) in [7, 11) is 0. The topological polar surface area (TPSA) is 41.6 Å². The first-order chi connectivity index (χ1) is 9.30. The van der Waals surface area contributed by atoms with E-state index in [0.717, 1.165) is 6.54 Å². The number of nitrogens with one attached hydrogen (secondary N) is 1. The van der Waals surface area contributed by atoms with Crippen molar-refractivity contribution >= 4 is 6.03 Å². The van der Waals surface area contributed by atoms with Crippen LogP contribution in [0.5, 0.6) is 0 Å². The van der Waals surface area contributed by atoms with Gasteiger partial charge in [-0.3, -0.25) is 0 Å². The lowest BCUT2D eigenvalue weighted by molar-refractivity contribution is 0.0531. The number of morpholine rings is 1. The van der Waals surface area contributed by atoms with Gasteiger partial charge >= 0.3 is 6.03 Å². The van der Waals surface area contributed by atoms with Crippen molar-refractivity contribution in [2.75, 3.05) is 32.8 Å². The number of hydrogen-bond donors (Lipinski definition) is 1. The van der Waals surface area contributed by atoms with E-state index in [2.05, 4.69) is 29.6 Å². The average Bonchev–Trinajstić information content (AvgIpc) is 3.28. The molecule has 1 N–H and O–H groups in total. The van der Waals surface area contributed by atoms with Crippen LogP contribution in [0.2, 0.25) is 0 Å². The molecule has 1 saturated carbocycles. The van der Waals surface area contributed by atoms with Gasteiger partial charge in [0.2, 0.25) is 0 Å². The van der Waals surface area contributed by atoms with Gasteiger partial charge in [0.15, 0.2) is 0 Å². The van der Waals surface area contributed by atoms with Crippen molar-refractivity contribution in [3.63, 3.8) is 0 Å². The lowest BCUT2D eigenvalue weighted by atomic mass is 9.96. The smallest absolute Gasteiger partial charge is 0.317 e. The highest BCUT2D eigenvalue weighted by atomic mass is 16.5. The van der Waals surface area contributed by atoms with E-state index in [9.17, 15) is 4.79 Å². The molecule has 102 valence electrons. The maximum Gasteiger partial charge on any atom is 0.317 e. The predicted octanol–water partition coefficient (Wildman–Crippen LogP) is 1.76. The highest BCUT2D eigenvalue weighted by molar-refractivity contribution is 5.74. The molecule has 4 heteroatoms. The van der Waals surface area contributed by atoms with Gasteiger partial charge in [-0.15, -0.1) is 0 Å². The van der Waals surface area contributed by atoms with Gasteiger partial charge in [0, 0.05) is 25.0 Å². The van der Waals surface area contributed by atoms with E-state index in [1.807, 2.05) is 11.0 Å². The second-order valence-electron chi connectivity index (χ2n) is 5.40. The highest BCUT2D eigenvalue weighted by Gasteiger charge is 2.44. The number of nitrogens with zero attached hydrogens (tertiary/aromatic N) is 1. The molecule has 3 rings (SSSR count). The zero-order chi connectivity index (χ0) is 13.1. The van der Waals surface area contributed by atoms with E-state index >= 15 is 0 Å². The molecule has 2 fully saturated rings. The summed E-state index contributed by atoms with van der Waals surface area (Å²) in [5, 5.41) is 3.09. The summed E-state index contributed by atoms with van der Waals surface area (Å²) in [4.78, 5) is 13.9. The van der Waals surface area contributed by atoms with Crippen LogP contribution in [0.1, 0.15) is 18.4 Å². The van der Waals surface area contributed by atoms with Gasteiger partial charge in [-0.1, -0.05) is 30.3 Å². The molecule has 4 nitrogen and oxygen atoms in total. The molecule has 0 radical (unpaired) electrons.